The van der Waals surface area contributed by atoms with E-state index in [4.69, 9.17) is 11.6 Å². The number of aromatic nitrogens is 2. The third kappa shape index (κ3) is 2.68. The monoisotopic (exact) mass is 257 g/mol. The predicted molar refractivity (Wildman–Crippen MR) is 67.0 cm³/mol. The van der Waals surface area contributed by atoms with E-state index in [1.807, 2.05) is 0 Å². The van der Waals surface area contributed by atoms with Gasteiger partial charge in [0.25, 0.3) is 0 Å². The van der Waals surface area contributed by atoms with E-state index in [-0.39, 0.29) is 5.82 Å². The first-order valence-corrected chi connectivity index (χ1v) is 6.57. The minimum Gasteiger partial charge on any atom is -0.351 e. The standard InChI is InChI=1S/C12H17ClFN3/c1-9-11(14)12(16-8-15-9)17(7-3-6-13)10-4-2-5-10/h8,10H,2-7H2,1H3. The second kappa shape index (κ2) is 5.63. The fourth-order valence-corrected chi connectivity index (χ4v) is 2.15. The van der Waals surface area contributed by atoms with Crippen LogP contribution in [-0.2, 0) is 0 Å². The van der Waals surface area contributed by atoms with Gasteiger partial charge in [-0.05, 0) is 32.6 Å². The Balaban J connectivity index is 2.21. The molecule has 0 bridgehead atoms. The maximum atomic E-state index is 14.0. The highest BCUT2D eigenvalue weighted by molar-refractivity contribution is 6.17. The van der Waals surface area contributed by atoms with Crippen molar-refractivity contribution in [2.45, 2.75) is 38.6 Å². The summed E-state index contributed by atoms with van der Waals surface area (Å²) in [5.74, 6) is 0.732. The van der Waals surface area contributed by atoms with Crippen LogP contribution in [0.15, 0.2) is 6.33 Å². The molecule has 1 aromatic heterocycles. The molecule has 0 saturated heterocycles. The zero-order valence-corrected chi connectivity index (χ0v) is 10.8. The van der Waals surface area contributed by atoms with Crippen molar-refractivity contribution in [3.8, 4) is 0 Å². The zero-order chi connectivity index (χ0) is 12.3. The molecule has 1 fully saturated rings. The van der Waals surface area contributed by atoms with Crippen LogP contribution in [0.3, 0.4) is 0 Å². The normalized spacial score (nSPS) is 15.7. The van der Waals surface area contributed by atoms with Crippen molar-refractivity contribution < 1.29 is 4.39 Å². The smallest absolute Gasteiger partial charge is 0.186 e. The largest absolute Gasteiger partial charge is 0.351 e. The van der Waals surface area contributed by atoms with E-state index in [2.05, 4.69) is 14.9 Å². The molecule has 3 nitrogen and oxygen atoms in total. The number of rotatable bonds is 5. The number of anilines is 1. The van der Waals surface area contributed by atoms with E-state index in [9.17, 15) is 4.39 Å². The summed E-state index contributed by atoms with van der Waals surface area (Å²) in [4.78, 5) is 10.0. The molecular formula is C12H17ClFN3. The van der Waals surface area contributed by atoms with Gasteiger partial charge in [-0.1, -0.05) is 0 Å². The Morgan fingerprint density at radius 2 is 2.24 bits per heavy atom. The van der Waals surface area contributed by atoms with Gasteiger partial charge in [-0.25, -0.2) is 14.4 Å². The lowest BCUT2D eigenvalue weighted by Gasteiger charge is -2.38. The minimum absolute atomic E-state index is 0.297. The van der Waals surface area contributed by atoms with Gasteiger partial charge in [0.15, 0.2) is 11.6 Å². The van der Waals surface area contributed by atoms with Crippen molar-refractivity contribution in [1.82, 2.24) is 9.97 Å². The minimum atomic E-state index is -0.297. The maximum absolute atomic E-state index is 14.0. The second-order valence-electron chi connectivity index (χ2n) is 4.42. The Bertz CT molecular complexity index is 382. The SMILES string of the molecule is Cc1ncnc(N(CCCCl)C2CCC2)c1F. The summed E-state index contributed by atoms with van der Waals surface area (Å²) in [7, 11) is 0. The van der Waals surface area contributed by atoms with Gasteiger partial charge in [-0.3, -0.25) is 0 Å². The molecule has 1 aromatic rings. The van der Waals surface area contributed by atoms with E-state index in [0.717, 1.165) is 25.8 Å². The lowest BCUT2D eigenvalue weighted by atomic mass is 9.91. The molecule has 17 heavy (non-hydrogen) atoms. The van der Waals surface area contributed by atoms with Gasteiger partial charge in [-0.2, -0.15) is 0 Å². The van der Waals surface area contributed by atoms with Gasteiger partial charge in [-0.15, -0.1) is 11.6 Å². The molecule has 0 radical (unpaired) electrons. The molecule has 0 amide bonds. The van der Waals surface area contributed by atoms with Gasteiger partial charge >= 0.3 is 0 Å². The van der Waals surface area contributed by atoms with E-state index >= 15 is 0 Å². The highest BCUT2D eigenvalue weighted by atomic mass is 35.5. The molecule has 1 saturated carbocycles. The molecule has 0 spiro atoms. The topological polar surface area (TPSA) is 29.0 Å². The van der Waals surface area contributed by atoms with Crippen molar-refractivity contribution in [3.05, 3.63) is 17.8 Å². The first-order valence-electron chi connectivity index (χ1n) is 6.03. The highest BCUT2D eigenvalue weighted by Gasteiger charge is 2.28. The fourth-order valence-electron chi connectivity index (χ4n) is 2.04. The first kappa shape index (κ1) is 12.6. The Hall–Kier alpha value is -0.900. The van der Waals surface area contributed by atoms with Crippen LogP contribution in [-0.4, -0.2) is 28.4 Å². The van der Waals surface area contributed by atoms with Gasteiger partial charge in [0.05, 0.1) is 5.69 Å². The molecule has 0 aromatic carbocycles. The Kier molecular flexibility index (Phi) is 4.15. The molecule has 1 aliphatic rings. The predicted octanol–water partition coefficient (Wildman–Crippen LogP) is 2.91. The van der Waals surface area contributed by atoms with E-state index in [1.54, 1.807) is 6.92 Å². The zero-order valence-electron chi connectivity index (χ0n) is 9.99. The van der Waals surface area contributed by atoms with Crippen LogP contribution in [0.5, 0.6) is 0 Å². The molecule has 1 aliphatic carbocycles. The Labute approximate surface area is 106 Å². The molecule has 94 valence electrons. The van der Waals surface area contributed by atoms with Crippen molar-refractivity contribution in [2.75, 3.05) is 17.3 Å². The third-order valence-corrected chi connectivity index (χ3v) is 3.53. The first-order chi connectivity index (χ1) is 8.24. The average molecular weight is 258 g/mol. The molecule has 1 heterocycles. The molecule has 5 heteroatoms. The quantitative estimate of drug-likeness (QED) is 0.760. The average Bonchev–Trinajstić information content (AvgIpc) is 2.26. The second-order valence-corrected chi connectivity index (χ2v) is 4.80. The summed E-state index contributed by atoms with van der Waals surface area (Å²) < 4.78 is 14.0. The maximum Gasteiger partial charge on any atom is 0.186 e. The van der Waals surface area contributed by atoms with Gasteiger partial charge in [0.1, 0.15) is 6.33 Å². The lowest BCUT2D eigenvalue weighted by molar-refractivity contribution is 0.379. The van der Waals surface area contributed by atoms with E-state index in [1.165, 1.54) is 12.7 Å². The summed E-state index contributed by atoms with van der Waals surface area (Å²) in [5.41, 5.74) is 0.408. The summed E-state index contributed by atoms with van der Waals surface area (Å²) in [6, 6.07) is 0.419. The van der Waals surface area contributed by atoms with E-state index < -0.39 is 0 Å². The molecule has 2 rings (SSSR count). The number of nitrogens with zero attached hydrogens (tertiary/aromatic N) is 3. The number of hydrogen-bond donors (Lipinski definition) is 0. The van der Waals surface area contributed by atoms with Crippen LogP contribution in [0.25, 0.3) is 0 Å². The van der Waals surface area contributed by atoms with Crippen LogP contribution < -0.4 is 4.90 Å². The molecule has 0 atom stereocenters. The number of alkyl halides is 1. The lowest BCUT2D eigenvalue weighted by Crippen LogP contribution is -2.42. The van der Waals surface area contributed by atoms with Gasteiger partial charge < -0.3 is 4.90 Å². The van der Waals surface area contributed by atoms with E-state index in [0.29, 0.717) is 23.4 Å². The van der Waals surface area contributed by atoms with Gasteiger partial charge in [0, 0.05) is 18.5 Å². The summed E-state index contributed by atoms with van der Waals surface area (Å²) >= 11 is 5.72. The Morgan fingerprint density at radius 1 is 1.47 bits per heavy atom. The van der Waals surface area contributed by atoms with Gasteiger partial charge in [0.2, 0.25) is 0 Å². The molecular weight excluding hydrogens is 241 g/mol. The molecule has 0 unspecified atom stereocenters. The van der Waals surface area contributed by atoms with Crippen LogP contribution >= 0.6 is 11.6 Å². The van der Waals surface area contributed by atoms with Crippen molar-refractivity contribution in [3.63, 3.8) is 0 Å². The van der Waals surface area contributed by atoms with Crippen molar-refractivity contribution >= 4 is 17.4 Å². The summed E-state index contributed by atoms with van der Waals surface area (Å²) in [5, 5.41) is 0. The van der Waals surface area contributed by atoms with Crippen LogP contribution in [0.2, 0.25) is 0 Å². The number of hydrogen-bond acceptors (Lipinski definition) is 3. The van der Waals surface area contributed by atoms with Crippen LogP contribution in [0, 0.1) is 12.7 Å². The van der Waals surface area contributed by atoms with Crippen molar-refractivity contribution in [2.24, 2.45) is 0 Å². The Morgan fingerprint density at radius 3 is 2.82 bits per heavy atom. The van der Waals surface area contributed by atoms with Crippen LogP contribution in [0.4, 0.5) is 10.2 Å². The van der Waals surface area contributed by atoms with Crippen molar-refractivity contribution in [1.29, 1.82) is 0 Å². The molecule has 0 N–H and O–H groups in total. The highest BCUT2D eigenvalue weighted by Crippen LogP contribution is 2.30. The summed E-state index contributed by atoms with van der Waals surface area (Å²) in [6.07, 6.45) is 5.73. The number of halogens is 2. The van der Waals surface area contributed by atoms with Crippen LogP contribution in [0.1, 0.15) is 31.4 Å². The summed E-state index contributed by atoms with van der Waals surface area (Å²) in [6.45, 7) is 2.43. The molecule has 0 aliphatic heterocycles. The fraction of sp³-hybridized carbons (Fsp3) is 0.667. The third-order valence-electron chi connectivity index (χ3n) is 3.27. The number of aryl methyl sites for hydroxylation is 1.